The van der Waals surface area contributed by atoms with E-state index in [1.807, 2.05) is 0 Å². The summed E-state index contributed by atoms with van der Waals surface area (Å²) in [6.07, 6.45) is 6.76. The number of alkyl halides is 2. The van der Waals surface area contributed by atoms with E-state index in [4.69, 9.17) is 0 Å². The van der Waals surface area contributed by atoms with E-state index in [1.165, 1.54) is 60.0 Å². The molecule has 2 amide bonds. The van der Waals surface area contributed by atoms with E-state index in [-0.39, 0.29) is 5.56 Å². The molecule has 0 aliphatic heterocycles. The average Bonchev–Trinajstić information content (AvgIpc) is 2.56. The molecule has 0 spiro atoms. The third-order valence-electron chi connectivity index (χ3n) is 4.38. The summed E-state index contributed by atoms with van der Waals surface area (Å²) in [7, 11) is 2.93. The van der Waals surface area contributed by atoms with Crippen molar-refractivity contribution in [3.8, 4) is 0 Å². The van der Waals surface area contributed by atoms with Crippen molar-refractivity contribution in [1.29, 1.82) is 0 Å². The number of allylic oxidation sites excluding steroid dienone is 1. The third kappa shape index (κ3) is 7.52. The molecule has 0 saturated heterocycles. The molecule has 1 fully saturated rings. The maximum atomic E-state index is 13.1. The summed E-state index contributed by atoms with van der Waals surface area (Å²) in [4.78, 5) is 11.0. The number of carbonyl (C=O) groups is 1. The van der Waals surface area contributed by atoms with Crippen molar-refractivity contribution < 1.29 is 13.6 Å². The summed E-state index contributed by atoms with van der Waals surface area (Å²) in [5.74, 6) is 0.964. The number of benzene rings is 1. The van der Waals surface area contributed by atoms with Crippen molar-refractivity contribution in [2.24, 2.45) is 5.92 Å². The van der Waals surface area contributed by atoms with Crippen LogP contribution >= 0.6 is 9.24 Å². The minimum absolute atomic E-state index is 0.119. The Kier molecular flexibility index (Phi) is 8.51. The van der Waals surface area contributed by atoms with Crippen LogP contribution in [-0.2, 0) is 5.66 Å². The smallest absolute Gasteiger partial charge is 0.318 e. The number of hydrogen-bond acceptors (Lipinski definition) is 1. The molecule has 140 valence electrons. The summed E-state index contributed by atoms with van der Waals surface area (Å²) in [6.45, 7) is 7.89. The Morgan fingerprint density at radius 1 is 1.44 bits per heavy atom. The first-order chi connectivity index (χ1) is 11.7. The van der Waals surface area contributed by atoms with Crippen LogP contribution in [0.3, 0.4) is 0 Å². The molecule has 1 aromatic rings. The third-order valence-corrected chi connectivity index (χ3v) is 4.69. The number of rotatable bonds is 3. The Labute approximate surface area is 151 Å². The number of halogens is 2. The predicted molar refractivity (Wildman–Crippen MR) is 104 cm³/mol. The molecule has 0 bridgehead atoms. The lowest BCUT2D eigenvalue weighted by molar-refractivity contribution is 0.103. The maximum absolute atomic E-state index is 13.1. The number of urea groups is 1. The fourth-order valence-electron chi connectivity index (χ4n) is 2.85. The van der Waals surface area contributed by atoms with Gasteiger partial charge in [0.05, 0.1) is 0 Å². The lowest BCUT2D eigenvalue weighted by atomic mass is 9.85. The Bertz CT molecular complexity index is 600. The molecule has 2 N–H and O–H groups in total. The van der Waals surface area contributed by atoms with Gasteiger partial charge in [0.25, 0.3) is 5.66 Å². The van der Waals surface area contributed by atoms with Crippen molar-refractivity contribution in [3.63, 3.8) is 0 Å². The zero-order valence-corrected chi connectivity index (χ0v) is 16.4. The Morgan fingerprint density at radius 2 is 2.12 bits per heavy atom. The van der Waals surface area contributed by atoms with E-state index in [0.29, 0.717) is 11.3 Å². The molecule has 1 aliphatic rings. The molecule has 1 saturated carbocycles. The second kappa shape index (κ2) is 9.86. The van der Waals surface area contributed by atoms with E-state index >= 15 is 0 Å². The molecule has 0 radical (unpaired) electrons. The number of amides is 2. The summed E-state index contributed by atoms with van der Waals surface area (Å²) < 4.78 is 26.3. The number of carbonyl (C=O) groups excluding carboxylic acids is 1. The van der Waals surface area contributed by atoms with Gasteiger partial charge < -0.3 is 10.6 Å². The van der Waals surface area contributed by atoms with Crippen molar-refractivity contribution in [2.45, 2.75) is 51.6 Å². The zero-order valence-electron chi connectivity index (χ0n) is 15.3. The number of aryl methyl sites for hydroxylation is 1. The molecule has 1 aliphatic carbocycles. The summed E-state index contributed by atoms with van der Waals surface area (Å²) in [5.41, 5.74) is -0.825. The van der Waals surface area contributed by atoms with E-state index in [9.17, 15) is 13.6 Å². The second-order valence-electron chi connectivity index (χ2n) is 6.48. The quantitative estimate of drug-likeness (QED) is 0.511. The highest BCUT2D eigenvalue weighted by atomic mass is 31.0. The first-order valence-corrected chi connectivity index (χ1v) is 9.18. The summed E-state index contributed by atoms with van der Waals surface area (Å²) in [6, 6.07) is 3.93. The monoisotopic (exact) mass is 370 g/mol. The van der Waals surface area contributed by atoms with Gasteiger partial charge in [0, 0.05) is 18.3 Å². The first-order valence-electron chi connectivity index (χ1n) is 8.60. The molecule has 0 aromatic heterocycles. The Hall–Kier alpha value is -1.48. The van der Waals surface area contributed by atoms with Gasteiger partial charge in [-0.25, -0.2) is 4.79 Å². The highest BCUT2D eigenvalue weighted by Gasteiger charge is 2.26. The molecular weight excluding hydrogens is 341 g/mol. The van der Waals surface area contributed by atoms with Gasteiger partial charge in [-0.15, -0.1) is 0 Å². The van der Waals surface area contributed by atoms with Gasteiger partial charge in [-0.3, -0.25) is 0 Å². The fraction of sp³-hybridized carbons (Fsp3) is 0.526. The molecule has 25 heavy (non-hydrogen) atoms. The van der Waals surface area contributed by atoms with Crippen molar-refractivity contribution >= 4 is 21.0 Å². The molecule has 3 nitrogen and oxygen atoms in total. The molecular formula is C19H29F2N2OP. The van der Waals surface area contributed by atoms with Crippen LogP contribution in [-0.4, -0.2) is 13.1 Å². The molecule has 2 unspecified atom stereocenters. The SMILES string of the molecule is C=C1CCCC(CC)C1.CNC(=O)Nc1ccc(C)c(C(F)(F)P)c1. The Morgan fingerprint density at radius 3 is 2.60 bits per heavy atom. The standard InChI is InChI=1S/C10H13F2N2OP.C9H16/c1-6-3-4-7(14-9(15)13-2)5-8(6)10(11,12)16;1-3-9-6-4-5-8(2)7-9/h3-5H,16H2,1-2H3,(H2,13,14,15);9H,2-7H2,1H3. The van der Waals surface area contributed by atoms with E-state index in [0.717, 1.165) is 5.92 Å². The topological polar surface area (TPSA) is 41.1 Å². The van der Waals surface area contributed by atoms with Crippen LogP contribution in [0.4, 0.5) is 19.3 Å². The molecule has 6 heteroatoms. The molecule has 1 aromatic carbocycles. The average molecular weight is 370 g/mol. The molecule has 2 rings (SSSR count). The van der Waals surface area contributed by atoms with Crippen LogP contribution in [0.25, 0.3) is 0 Å². The lowest BCUT2D eigenvalue weighted by Crippen LogP contribution is -2.24. The van der Waals surface area contributed by atoms with E-state index in [1.54, 1.807) is 19.1 Å². The predicted octanol–water partition coefficient (Wildman–Crippen LogP) is 5.81. The maximum Gasteiger partial charge on any atom is 0.318 e. The van der Waals surface area contributed by atoms with Gasteiger partial charge in [-0.05, 0) is 56.2 Å². The second-order valence-corrected chi connectivity index (χ2v) is 7.20. The van der Waals surface area contributed by atoms with Gasteiger partial charge >= 0.3 is 6.03 Å². The van der Waals surface area contributed by atoms with Gasteiger partial charge in [-0.2, -0.15) is 8.78 Å². The van der Waals surface area contributed by atoms with Crippen molar-refractivity contribution in [3.05, 3.63) is 41.5 Å². The minimum atomic E-state index is -3.00. The summed E-state index contributed by atoms with van der Waals surface area (Å²) in [5, 5.41) is 4.78. The van der Waals surface area contributed by atoms with Crippen LogP contribution in [0.2, 0.25) is 0 Å². The summed E-state index contributed by atoms with van der Waals surface area (Å²) >= 11 is 0. The van der Waals surface area contributed by atoms with Gasteiger partial charge in [0.15, 0.2) is 0 Å². The number of nitrogens with one attached hydrogen (secondary N) is 2. The van der Waals surface area contributed by atoms with Gasteiger partial charge in [0.1, 0.15) is 0 Å². The zero-order chi connectivity index (χ0) is 19.0. The van der Waals surface area contributed by atoms with E-state index < -0.39 is 11.7 Å². The van der Waals surface area contributed by atoms with Crippen molar-refractivity contribution in [2.75, 3.05) is 12.4 Å². The normalized spacial score (nSPS) is 17.4. The largest absolute Gasteiger partial charge is 0.341 e. The molecule has 2 atom stereocenters. The number of anilines is 1. The van der Waals surface area contributed by atoms with Crippen LogP contribution in [0.5, 0.6) is 0 Å². The molecule has 0 heterocycles. The lowest BCUT2D eigenvalue weighted by Gasteiger charge is -2.21. The van der Waals surface area contributed by atoms with Crippen LogP contribution in [0, 0.1) is 12.8 Å². The number of hydrogen-bond donors (Lipinski definition) is 2. The first kappa shape index (κ1) is 21.6. The van der Waals surface area contributed by atoms with Gasteiger partial charge in [-0.1, -0.05) is 40.8 Å². The van der Waals surface area contributed by atoms with Crippen LogP contribution < -0.4 is 10.6 Å². The van der Waals surface area contributed by atoms with Crippen molar-refractivity contribution in [1.82, 2.24) is 5.32 Å². The highest BCUT2D eigenvalue weighted by molar-refractivity contribution is 7.17. The van der Waals surface area contributed by atoms with E-state index in [2.05, 4.69) is 24.1 Å². The fourth-order valence-corrected chi connectivity index (χ4v) is 3.17. The Balaban J connectivity index is 0.000000293. The van der Waals surface area contributed by atoms with Crippen LogP contribution in [0.15, 0.2) is 30.4 Å². The van der Waals surface area contributed by atoms with Crippen LogP contribution in [0.1, 0.15) is 50.2 Å². The van der Waals surface area contributed by atoms with Gasteiger partial charge in [0.2, 0.25) is 0 Å². The highest BCUT2D eigenvalue weighted by Crippen LogP contribution is 2.37. The minimum Gasteiger partial charge on any atom is -0.341 e.